The average molecular weight is 537 g/mol. The van der Waals surface area contributed by atoms with Gasteiger partial charge >= 0.3 is 65.2 Å². The van der Waals surface area contributed by atoms with Crippen molar-refractivity contribution in [3.05, 3.63) is 41.6 Å². The number of aliphatic hydroxyl groups is 1. The Labute approximate surface area is 254 Å². The van der Waals surface area contributed by atoms with E-state index in [4.69, 9.17) is 4.74 Å². The van der Waals surface area contributed by atoms with E-state index in [-0.39, 0.29) is 101 Å². The number of β-lactam (4-membered cyclic amide) rings is 1. The largest absolute Gasteiger partial charge is 1.00 e. The third kappa shape index (κ3) is 7.96. The van der Waals surface area contributed by atoms with Crippen LogP contribution in [0.2, 0.25) is 0 Å². The number of ether oxygens (including phenoxy) is 1. The number of thioether (sulfide) groups is 1. The molecule has 1 aromatic carbocycles. The van der Waals surface area contributed by atoms with E-state index in [0.29, 0.717) is 0 Å². The number of nitrogens with zero attached hydrogens (tertiary/aromatic N) is 1. The molecule has 0 radical (unpaired) electrons. The number of carboxylic acid groups (broad SMARTS) is 2. The standard InChI is InChI=1S/C21H23N3O9S.2Na/c25-9-11-10-34-18-15(17(27)24(18)16(11)20(30)31)23-14(26)8-4-7-13(19(28)29)22-21(32)33-12-5-2-1-3-6-12;;/h1-3,5-6,13,15,18,25H,4,7-10H2,(H,22,32)(H,23,26)(H,28,29)(H,30,31);;/q;2*+1/p-2/t13-,15?,18-;;/m1../s1. The zero-order valence-corrected chi connectivity index (χ0v) is 24.5. The molecule has 2 aliphatic heterocycles. The van der Waals surface area contributed by atoms with Gasteiger partial charge in [0.15, 0.2) is 0 Å². The van der Waals surface area contributed by atoms with Gasteiger partial charge in [-0.15, -0.1) is 11.8 Å². The normalized spacial score (nSPS) is 18.9. The van der Waals surface area contributed by atoms with Gasteiger partial charge in [-0.1, -0.05) is 18.2 Å². The van der Waals surface area contributed by atoms with Gasteiger partial charge in [-0.25, -0.2) is 4.79 Å². The van der Waals surface area contributed by atoms with Crippen molar-refractivity contribution in [1.82, 2.24) is 15.5 Å². The van der Waals surface area contributed by atoms with Crippen LogP contribution in [-0.4, -0.2) is 69.7 Å². The number of hydrogen-bond acceptors (Lipinski definition) is 10. The molecule has 3 rings (SSSR count). The second-order valence-corrected chi connectivity index (χ2v) is 8.57. The average Bonchev–Trinajstić information content (AvgIpc) is 2.81. The number of amides is 3. The summed E-state index contributed by atoms with van der Waals surface area (Å²) in [6.07, 6.45) is -1.21. The smallest absolute Gasteiger partial charge is 0.548 e. The van der Waals surface area contributed by atoms with Crippen LogP contribution in [0.4, 0.5) is 4.79 Å². The molecule has 0 aromatic heterocycles. The number of aliphatic hydroxyl groups excluding tert-OH is 1. The monoisotopic (exact) mass is 537 g/mol. The topological polar surface area (TPSA) is 188 Å². The van der Waals surface area contributed by atoms with Gasteiger partial charge in [0.05, 0.1) is 30.3 Å². The van der Waals surface area contributed by atoms with Crippen LogP contribution in [0.15, 0.2) is 41.6 Å². The van der Waals surface area contributed by atoms with Crippen LogP contribution in [0.25, 0.3) is 0 Å². The molecule has 1 unspecified atom stereocenters. The molecular formula is C21H21N3Na2O9S. The molecule has 0 saturated carbocycles. The first-order valence-corrected chi connectivity index (χ1v) is 11.3. The maximum absolute atomic E-state index is 12.4. The van der Waals surface area contributed by atoms with E-state index in [1.165, 1.54) is 23.9 Å². The summed E-state index contributed by atoms with van der Waals surface area (Å²) in [4.78, 5) is 60.2. The summed E-state index contributed by atoms with van der Waals surface area (Å²) in [5.74, 6) is -3.94. The van der Waals surface area contributed by atoms with E-state index in [2.05, 4.69) is 10.6 Å². The Morgan fingerprint density at radius 3 is 2.42 bits per heavy atom. The minimum absolute atomic E-state index is 0. The molecule has 12 nitrogen and oxygen atoms in total. The summed E-state index contributed by atoms with van der Waals surface area (Å²) < 4.78 is 4.97. The zero-order valence-electron chi connectivity index (χ0n) is 19.7. The quantitative estimate of drug-likeness (QED) is 0.191. The number of fused-ring (bicyclic) bond motifs is 1. The fourth-order valence-corrected chi connectivity index (χ4v) is 4.86. The predicted octanol–water partition coefficient (Wildman–Crippen LogP) is -8.53. The minimum atomic E-state index is -1.58. The third-order valence-electron chi connectivity index (χ3n) is 5.17. The van der Waals surface area contributed by atoms with Crippen molar-refractivity contribution in [3.63, 3.8) is 0 Å². The summed E-state index contributed by atoms with van der Waals surface area (Å²) >= 11 is 1.19. The number of rotatable bonds is 10. The molecular weight excluding hydrogens is 516 g/mol. The number of carbonyl (C=O) groups excluding carboxylic acids is 5. The van der Waals surface area contributed by atoms with Crippen molar-refractivity contribution < 1.29 is 103 Å². The molecule has 0 spiro atoms. The Morgan fingerprint density at radius 1 is 1.17 bits per heavy atom. The molecule has 1 fully saturated rings. The third-order valence-corrected chi connectivity index (χ3v) is 6.51. The number of hydrogen-bond donors (Lipinski definition) is 3. The van der Waals surface area contributed by atoms with Crippen molar-refractivity contribution in [3.8, 4) is 5.75 Å². The van der Waals surface area contributed by atoms with Crippen LogP contribution >= 0.6 is 11.8 Å². The Morgan fingerprint density at radius 2 is 1.83 bits per heavy atom. The SMILES string of the molecule is O=C(CCC[C@@H](NC(=O)Oc1ccccc1)C(=O)[O-])NC1C(=O)N2C(C(=O)[O-])=C(CO)CS[C@H]12.[Na+].[Na+]. The number of para-hydroxylation sites is 1. The molecule has 0 bridgehead atoms. The molecule has 3 N–H and O–H groups in total. The fourth-order valence-electron chi connectivity index (χ4n) is 3.52. The zero-order chi connectivity index (χ0) is 24.8. The molecule has 182 valence electrons. The molecule has 3 atom stereocenters. The maximum atomic E-state index is 12.4. The van der Waals surface area contributed by atoms with Gasteiger partial charge in [0, 0.05) is 12.2 Å². The van der Waals surface area contributed by atoms with Gasteiger partial charge in [-0.05, 0) is 30.5 Å². The Hall–Kier alpha value is -1.58. The van der Waals surface area contributed by atoms with E-state index in [1.807, 2.05) is 0 Å². The second kappa shape index (κ2) is 15.0. The molecule has 2 heterocycles. The number of nitrogens with one attached hydrogen (secondary N) is 2. The van der Waals surface area contributed by atoms with Gasteiger partial charge in [-0.2, -0.15) is 0 Å². The van der Waals surface area contributed by atoms with Gasteiger partial charge in [0.25, 0.3) is 5.91 Å². The van der Waals surface area contributed by atoms with E-state index < -0.39 is 53.9 Å². The Balaban J connectivity index is 0.00000324. The summed E-state index contributed by atoms with van der Waals surface area (Å²) in [6.45, 7) is -0.531. The summed E-state index contributed by atoms with van der Waals surface area (Å²) in [6, 6.07) is 5.66. The second-order valence-electron chi connectivity index (χ2n) is 7.46. The van der Waals surface area contributed by atoms with Gasteiger partial charge < -0.3 is 40.3 Å². The maximum Gasteiger partial charge on any atom is 1.00 e. The number of carboxylic acids is 2. The molecule has 15 heteroatoms. The molecule has 0 aliphatic carbocycles. The minimum Gasteiger partial charge on any atom is -0.548 e. The molecule has 36 heavy (non-hydrogen) atoms. The van der Waals surface area contributed by atoms with Gasteiger partial charge in [-0.3, -0.25) is 14.5 Å². The van der Waals surface area contributed by atoms with Crippen molar-refractivity contribution in [2.45, 2.75) is 36.7 Å². The van der Waals surface area contributed by atoms with Crippen molar-refractivity contribution >= 4 is 41.6 Å². The Kier molecular flexibility index (Phi) is 13.5. The first kappa shape index (κ1) is 32.4. The van der Waals surface area contributed by atoms with E-state index >= 15 is 0 Å². The Bertz CT molecular complexity index is 1030. The van der Waals surface area contributed by atoms with Crippen LogP contribution in [0, 0.1) is 0 Å². The number of carbonyl (C=O) groups is 5. The van der Waals surface area contributed by atoms with E-state index in [0.717, 1.165) is 4.90 Å². The summed E-state index contributed by atoms with van der Waals surface area (Å²) in [5.41, 5.74) is -0.224. The van der Waals surface area contributed by atoms with E-state index in [9.17, 15) is 39.3 Å². The van der Waals surface area contributed by atoms with Crippen molar-refractivity contribution in [2.75, 3.05) is 12.4 Å². The van der Waals surface area contributed by atoms with Crippen LogP contribution in [0.5, 0.6) is 5.75 Å². The first-order chi connectivity index (χ1) is 16.2. The van der Waals surface area contributed by atoms with Crippen LogP contribution in [0.1, 0.15) is 19.3 Å². The molecule has 3 amide bonds. The van der Waals surface area contributed by atoms with Gasteiger partial charge in [0.2, 0.25) is 5.91 Å². The van der Waals surface area contributed by atoms with E-state index in [1.54, 1.807) is 18.2 Å². The fraction of sp³-hybridized carbons (Fsp3) is 0.381. The summed E-state index contributed by atoms with van der Waals surface area (Å²) in [5, 5.41) is 36.0. The van der Waals surface area contributed by atoms with Crippen LogP contribution in [-0.2, 0) is 19.2 Å². The summed E-state index contributed by atoms with van der Waals surface area (Å²) in [7, 11) is 0. The van der Waals surface area contributed by atoms with Crippen molar-refractivity contribution in [1.29, 1.82) is 0 Å². The first-order valence-electron chi connectivity index (χ1n) is 10.3. The van der Waals surface area contributed by atoms with Crippen molar-refractivity contribution in [2.24, 2.45) is 0 Å². The van der Waals surface area contributed by atoms with Crippen LogP contribution in [0.3, 0.4) is 0 Å². The van der Waals surface area contributed by atoms with Gasteiger partial charge in [0.1, 0.15) is 17.2 Å². The predicted molar refractivity (Wildman–Crippen MR) is 112 cm³/mol. The molecule has 1 saturated heterocycles. The van der Waals surface area contributed by atoms with Crippen LogP contribution < -0.4 is 84.7 Å². The number of benzene rings is 1. The molecule has 1 aromatic rings. The number of aliphatic carboxylic acids is 2. The molecule has 2 aliphatic rings.